The van der Waals surface area contributed by atoms with Crippen molar-refractivity contribution in [1.29, 1.82) is 0 Å². The molecule has 0 aliphatic rings. The lowest BCUT2D eigenvalue weighted by Crippen LogP contribution is -2.21. The molecule has 0 heterocycles. The molecule has 0 saturated carbocycles. The van der Waals surface area contributed by atoms with Gasteiger partial charge in [0.1, 0.15) is 0 Å². The van der Waals surface area contributed by atoms with Gasteiger partial charge < -0.3 is 10.2 Å². The minimum absolute atomic E-state index is 0.00253. The number of nitrogens with zero attached hydrogens (tertiary/aromatic N) is 1. The van der Waals surface area contributed by atoms with Crippen LogP contribution in [0.1, 0.15) is 15.9 Å². The van der Waals surface area contributed by atoms with Crippen molar-refractivity contribution in [3.63, 3.8) is 0 Å². The van der Waals surface area contributed by atoms with E-state index in [1.807, 2.05) is 25.2 Å². The van der Waals surface area contributed by atoms with Crippen LogP contribution < -0.4 is 5.32 Å². The van der Waals surface area contributed by atoms with Crippen LogP contribution >= 0.6 is 0 Å². The summed E-state index contributed by atoms with van der Waals surface area (Å²) in [6.07, 6.45) is 0. The molecule has 16 heavy (non-hydrogen) atoms. The van der Waals surface area contributed by atoms with Gasteiger partial charge in [-0.25, -0.2) is 0 Å². The highest BCUT2D eigenvalue weighted by Gasteiger charge is 2.06. The summed E-state index contributed by atoms with van der Waals surface area (Å²) in [6.45, 7) is 0.645. The van der Waals surface area contributed by atoms with E-state index in [1.54, 1.807) is 25.1 Å². The molecule has 1 aromatic rings. The fourth-order valence-corrected chi connectivity index (χ4v) is 1.22. The second-order valence-corrected chi connectivity index (χ2v) is 3.61. The minimum atomic E-state index is -0.00253. The Morgan fingerprint density at radius 1 is 1.44 bits per heavy atom. The summed E-state index contributed by atoms with van der Waals surface area (Å²) in [6, 6.07) is 7.35. The summed E-state index contributed by atoms with van der Waals surface area (Å²) in [5.41, 5.74) is 1.53. The van der Waals surface area contributed by atoms with E-state index in [0.29, 0.717) is 12.1 Å². The third-order valence-electron chi connectivity index (χ3n) is 2.01. The van der Waals surface area contributed by atoms with E-state index in [0.717, 1.165) is 5.56 Å². The Morgan fingerprint density at radius 3 is 2.81 bits per heavy atom. The van der Waals surface area contributed by atoms with E-state index < -0.39 is 0 Å². The maximum absolute atomic E-state index is 11.7. The normalized spacial score (nSPS) is 9.19. The molecule has 1 aromatic carbocycles. The molecule has 1 amide bonds. The summed E-state index contributed by atoms with van der Waals surface area (Å²) >= 11 is 0. The second kappa shape index (κ2) is 5.94. The van der Waals surface area contributed by atoms with Crippen molar-refractivity contribution in [2.45, 2.75) is 0 Å². The van der Waals surface area contributed by atoms with Gasteiger partial charge in [-0.3, -0.25) is 4.79 Å². The van der Waals surface area contributed by atoms with Crippen molar-refractivity contribution in [2.24, 2.45) is 0 Å². The molecule has 0 saturated heterocycles. The highest BCUT2D eigenvalue weighted by molar-refractivity contribution is 5.94. The van der Waals surface area contributed by atoms with Crippen LogP contribution in [0.25, 0.3) is 0 Å². The lowest BCUT2D eigenvalue weighted by Gasteiger charge is -2.09. The first kappa shape index (κ1) is 12.3. The van der Waals surface area contributed by atoms with Gasteiger partial charge in [0.2, 0.25) is 0 Å². The van der Waals surface area contributed by atoms with Gasteiger partial charge in [-0.05, 0) is 25.2 Å². The zero-order valence-corrected chi connectivity index (χ0v) is 9.87. The quantitative estimate of drug-likeness (QED) is 0.747. The van der Waals surface area contributed by atoms with Crippen LogP contribution in [0.15, 0.2) is 24.3 Å². The van der Waals surface area contributed by atoms with Crippen LogP contribution in [0.3, 0.4) is 0 Å². The maximum Gasteiger partial charge on any atom is 0.253 e. The zero-order valence-electron chi connectivity index (χ0n) is 9.87. The van der Waals surface area contributed by atoms with Gasteiger partial charge in [-0.2, -0.15) is 0 Å². The number of hydrogen-bond donors (Lipinski definition) is 1. The number of rotatable bonds is 2. The van der Waals surface area contributed by atoms with Gasteiger partial charge in [-0.1, -0.05) is 17.9 Å². The standard InChI is InChI=1S/C13H16N2O/c1-14-9-5-7-11-6-4-8-12(10-11)13(16)15(2)3/h4,6,8,10,14H,9H2,1-3H3. The fourth-order valence-electron chi connectivity index (χ4n) is 1.22. The van der Waals surface area contributed by atoms with Crippen LogP contribution in [0.5, 0.6) is 0 Å². The molecule has 0 unspecified atom stereocenters. The highest BCUT2D eigenvalue weighted by Crippen LogP contribution is 2.06. The Hall–Kier alpha value is -1.79. The van der Waals surface area contributed by atoms with E-state index in [-0.39, 0.29) is 5.91 Å². The monoisotopic (exact) mass is 216 g/mol. The van der Waals surface area contributed by atoms with E-state index in [2.05, 4.69) is 17.2 Å². The van der Waals surface area contributed by atoms with Crippen molar-refractivity contribution in [3.8, 4) is 11.8 Å². The number of benzene rings is 1. The van der Waals surface area contributed by atoms with Crippen molar-refractivity contribution in [1.82, 2.24) is 10.2 Å². The number of hydrogen-bond acceptors (Lipinski definition) is 2. The average molecular weight is 216 g/mol. The number of carbonyl (C=O) groups excluding carboxylic acids is 1. The van der Waals surface area contributed by atoms with Crippen LogP contribution in [-0.2, 0) is 0 Å². The molecule has 0 aliphatic carbocycles. The molecule has 0 fully saturated rings. The van der Waals surface area contributed by atoms with Gasteiger partial charge in [0.05, 0.1) is 6.54 Å². The highest BCUT2D eigenvalue weighted by atomic mass is 16.2. The molecule has 0 bridgehead atoms. The molecule has 1 N–H and O–H groups in total. The predicted octanol–water partition coefficient (Wildman–Crippen LogP) is 0.959. The Bertz CT molecular complexity index is 427. The Balaban J connectivity index is 2.88. The Labute approximate surface area is 96.5 Å². The van der Waals surface area contributed by atoms with Crippen molar-refractivity contribution >= 4 is 5.91 Å². The molecule has 0 atom stereocenters. The fraction of sp³-hybridized carbons (Fsp3) is 0.308. The molecule has 3 heteroatoms. The van der Waals surface area contributed by atoms with Crippen LogP contribution in [0.2, 0.25) is 0 Å². The third-order valence-corrected chi connectivity index (χ3v) is 2.01. The smallest absolute Gasteiger partial charge is 0.253 e. The van der Waals surface area contributed by atoms with Crippen molar-refractivity contribution in [3.05, 3.63) is 35.4 Å². The molecule has 0 aliphatic heterocycles. The molecular formula is C13H16N2O. The summed E-state index contributed by atoms with van der Waals surface area (Å²) < 4.78 is 0. The summed E-state index contributed by atoms with van der Waals surface area (Å²) in [7, 11) is 5.32. The first-order valence-corrected chi connectivity index (χ1v) is 5.10. The zero-order chi connectivity index (χ0) is 12.0. The number of nitrogens with one attached hydrogen (secondary N) is 1. The van der Waals surface area contributed by atoms with Crippen LogP contribution in [0, 0.1) is 11.8 Å². The van der Waals surface area contributed by atoms with Gasteiger partial charge in [0.25, 0.3) is 5.91 Å². The largest absolute Gasteiger partial charge is 0.345 e. The average Bonchev–Trinajstić information content (AvgIpc) is 2.29. The van der Waals surface area contributed by atoms with Crippen LogP contribution in [0.4, 0.5) is 0 Å². The third kappa shape index (κ3) is 3.41. The topological polar surface area (TPSA) is 32.3 Å². The van der Waals surface area contributed by atoms with Gasteiger partial charge >= 0.3 is 0 Å². The van der Waals surface area contributed by atoms with Gasteiger partial charge in [-0.15, -0.1) is 0 Å². The molecule has 3 nitrogen and oxygen atoms in total. The summed E-state index contributed by atoms with van der Waals surface area (Å²) in [4.78, 5) is 13.2. The second-order valence-electron chi connectivity index (χ2n) is 3.61. The molecule has 0 spiro atoms. The first-order valence-electron chi connectivity index (χ1n) is 5.10. The number of carbonyl (C=O) groups is 1. The van der Waals surface area contributed by atoms with E-state index in [9.17, 15) is 4.79 Å². The molecular weight excluding hydrogens is 200 g/mol. The SMILES string of the molecule is CNCC#Cc1cccc(C(=O)N(C)C)c1. The first-order chi connectivity index (χ1) is 7.65. The molecule has 0 radical (unpaired) electrons. The molecule has 0 aromatic heterocycles. The molecule has 1 rings (SSSR count). The predicted molar refractivity (Wildman–Crippen MR) is 65.3 cm³/mol. The Morgan fingerprint density at radius 2 is 2.19 bits per heavy atom. The van der Waals surface area contributed by atoms with Crippen LogP contribution in [-0.4, -0.2) is 38.5 Å². The van der Waals surface area contributed by atoms with E-state index in [1.165, 1.54) is 0 Å². The van der Waals surface area contributed by atoms with Crippen molar-refractivity contribution in [2.75, 3.05) is 27.7 Å². The minimum Gasteiger partial charge on any atom is -0.345 e. The van der Waals surface area contributed by atoms with E-state index in [4.69, 9.17) is 0 Å². The Kier molecular flexibility index (Phi) is 4.56. The van der Waals surface area contributed by atoms with Gasteiger partial charge in [0, 0.05) is 25.2 Å². The lowest BCUT2D eigenvalue weighted by molar-refractivity contribution is 0.0827. The van der Waals surface area contributed by atoms with Crippen molar-refractivity contribution < 1.29 is 4.79 Å². The molecule has 84 valence electrons. The number of amides is 1. The summed E-state index contributed by atoms with van der Waals surface area (Å²) in [5, 5.41) is 2.94. The summed E-state index contributed by atoms with van der Waals surface area (Å²) in [5.74, 6) is 5.95. The lowest BCUT2D eigenvalue weighted by atomic mass is 10.1. The van der Waals surface area contributed by atoms with Gasteiger partial charge in [0.15, 0.2) is 0 Å². The maximum atomic E-state index is 11.7. The van der Waals surface area contributed by atoms with E-state index >= 15 is 0 Å².